The zero-order valence-electron chi connectivity index (χ0n) is 15.9. The number of methoxy groups -OCH3 is 1. The van der Waals surface area contributed by atoms with Crippen LogP contribution in [-0.2, 0) is 0 Å². The van der Waals surface area contributed by atoms with Crippen LogP contribution in [0.15, 0.2) is 84.9 Å². The second-order valence-corrected chi connectivity index (χ2v) is 6.74. The topological polar surface area (TPSA) is 47.3 Å². The third-order valence-electron chi connectivity index (χ3n) is 4.79. The zero-order valence-corrected chi connectivity index (χ0v) is 15.9. The van der Waals surface area contributed by atoms with Gasteiger partial charge in [0.05, 0.1) is 24.2 Å². The third-order valence-corrected chi connectivity index (χ3v) is 4.79. The summed E-state index contributed by atoms with van der Waals surface area (Å²) in [5, 5.41) is 15.6. The molecule has 4 heteroatoms. The number of aromatic nitrogens is 2. The Morgan fingerprint density at radius 2 is 1.57 bits per heavy atom. The number of benzene rings is 3. The molecule has 4 aromatic rings. The van der Waals surface area contributed by atoms with Crippen LogP contribution in [0.1, 0.15) is 22.9 Å². The molecule has 1 aromatic heterocycles. The van der Waals surface area contributed by atoms with Crippen LogP contribution in [0.5, 0.6) is 5.75 Å². The van der Waals surface area contributed by atoms with Gasteiger partial charge in [0.15, 0.2) is 0 Å². The molecule has 1 atom stereocenters. The number of aliphatic hydroxyl groups excluding tert-OH is 1. The number of hydrogen-bond acceptors (Lipinski definition) is 3. The molecule has 140 valence electrons. The largest absolute Gasteiger partial charge is 0.497 e. The lowest BCUT2D eigenvalue weighted by Crippen LogP contribution is -2.03. The molecule has 0 aliphatic rings. The zero-order chi connectivity index (χ0) is 19.5. The van der Waals surface area contributed by atoms with Gasteiger partial charge in [0.1, 0.15) is 11.9 Å². The smallest absolute Gasteiger partial charge is 0.123 e. The minimum atomic E-state index is -0.787. The first-order valence-electron chi connectivity index (χ1n) is 9.20. The molecule has 0 aliphatic heterocycles. The summed E-state index contributed by atoms with van der Waals surface area (Å²) in [5.74, 6) is 0.789. The van der Waals surface area contributed by atoms with Gasteiger partial charge < -0.3 is 9.84 Å². The van der Waals surface area contributed by atoms with Crippen LogP contribution in [0.2, 0.25) is 0 Å². The molecule has 4 nitrogen and oxygen atoms in total. The number of rotatable bonds is 5. The molecule has 0 aliphatic carbocycles. The first-order chi connectivity index (χ1) is 13.7. The van der Waals surface area contributed by atoms with E-state index in [0.29, 0.717) is 5.69 Å². The second kappa shape index (κ2) is 7.71. The van der Waals surface area contributed by atoms with Crippen LogP contribution < -0.4 is 4.74 Å². The summed E-state index contributed by atoms with van der Waals surface area (Å²) in [7, 11) is 1.65. The molecule has 0 amide bonds. The van der Waals surface area contributed by atoms with Crippen molar-refractivity contribution < 1.29 is 9.84 Å². The molecular formula is C24H22N2O2. The van der Waals surface area contributed by atoms with E-state index >= 15 is 0 Å². The summed E-state index contributed by atoms with van der Waals surface area (Å²) in [4.78, 5) is 0. The van der Waals surface area contributed by atoms with Gasteiger partial charge in [-0.3, -0.25) is 0 Å². The summed E-state index contributed by atoms with van der Waals surface area (Å²) in [5.41, 5.74) is 5.50. The molecule has 1 heterocycles. The van der Waals surface area contributed by atoms with Gasteiger partial charge in [-0.15, -0.1) is 0 Å². The number of aryl methyl sites for hydroxylation is 1. The van der Waals surface area contributed by atoms with Crippen molar-refractivity contribution in [2.24, 2.45) is 0 Å². The number of hydrogen-bond donors (Lipinski definition) is 1. The highest BCUT2D eigenvalue weighted by atomic mass is 16.5. The van der Waals surface area contributed by atoms with Crippen LogP contribution in [0.25, 0.3) is 16.9 Å². The van der Waals surface area contributed by atoms with Crippen molar-refractivity contribution in [1.82, 2.24) is 9.78 Å². The van der Waals surface area contributed by atoms with Crippen LogP contribution in [0, 0.1) is 6.92 Å². The lowest BCUT2D eigenvalue weighted by molar-refractivity contribution is 0.214. The first kappa shape index (κ1) is 18.0. The Bertz CT molecular complexity index is 1050. The highest BCUT2D eigenvalue weighted by Gasteiger charge is 2.18. The fourth-order valence-electron chi connectivity index (χ4n) is 3.19. The van der Waals surface area contributed by atoms with Crippen LogP contribution in [0.4, 0.5) is 0 Å². The summed E-state index contributed by atoms with van der Waals surface area (Å²) < 4.78 is 7.13. The first-order valence-corrected chi connectivity index (χ1v) is 9.20. The average Bonchev–Trinajstić information content (AvgIpc) is 3.20. The van der Waals surface area contributed by atoms with E-state index < -0.39 is 6.10 Å². The maximum absolute atomic E-state index is 10.9. The molecule has 0 fully saturated rings. The number of ether oxygens (including phenoxy) is 1. The molecule has 1 unspecified atom stereocenters. The Morgan fingerprint density at radius 1 is 0.893 bits per heavy atom. The van der Waals surface area contributed by atoms with Crippen molar-refractivity contribution >= 4 is 0 Å². The van der Waals surface area contributed by atoms with Gasteiger partial charge in [-0.25, -0.2) is 4.68 Å². The lowest BCUT2D eigenvalue weighted by atomic mass is 10.0. The Morgan fingerprint density at radius 3 is 2.21 bits per heavy atom. The Balaban J connectivity index is 1.82. The van der Waals surface area contributed by atoms with Gasteiger partial charge in [-0.2, -0.15) is 5.10 Å². The van der Waals surface area contributed by atoms with Crippen LogP contribution in [0.3, 0.4) is 0 Å². The molecule has 0 spiro atoms. The van der Waals surface area contributed by atoms with Crippen molar-refractivity contribution in [1.29, 1.82) is 0 Å². The van der Waals surface area contributed by atoms with E-state index in [2.05, 4.69) is 31.2 Å². The van der Waals surface area contributed by atoms with Gasteiger partial charge in [0, 0.05) is 5.56 Å². The fraction of sp³-hybridized carbons (Fsp3) is 0.125. The number of aliphatic hydroxyl groups is 1. The van der Waals surface area contributed by atoms with Gasteiger partial charge >= 0.3 is 0 Å². The highest BCUT2D eigenvalue weighted by molar-refractivity contribution is 5.63. The average molecular weight is 370 g/mol. The van der Waals surface area contributed by atoms with Gasteiger partial charge in [-0.1, -0.05) is 60.2 Å². The normalized spacial score (nSPS) is 12.0. The van der Waals surface area contributed by atoms with Gasteiger partial charge in [-0.05, 0) is 42.8 Å². The van der Waals surface area contributed by atoms with E-state index in [0.717, 1.165) is 28.3 Å². The summed E-state index contributed by atoms with van der Waals surface area (Å²) in [6.45, 7) is 2.06. The maximum atomic E-state index is 10.9. The Hall–Kier alpha value is -3.37. The quantitative estimate of drug-likeness (QED) is 0.541. The van der Waals surface area contributed by atoms with Crippen LogP contribution in [-0.4, -0.2) is 22.0 Å². The molecule has 4 rings (SSSR count). The minimum Gasteiger partial charge on any atom is -0.497 e. The Labute approximate surface area is 164 Å². The van der Waals surface area contributed by atoms with Gasteiger partial charge in [0.2, 0.25) is 0 Å². The monoisotopic (exact) mass is 370 g/mol. The van der Waals surface area contributed by atoms with E-state index in [9.17, 15) is 5.11 Å². The molecule has 1 N–H and O–H groups in total. The van der Waals surface area contributed by atoms with E-state index in [1.54, 1.807) is 7.11 Å². The van der Waals surface area contributed by atoms with Gasteiger partial charge in [0.25, 0.3) is 0 Å². The summed E-state index contributed by atoms with van der Waals surface area (Å²) >= 11 is 0. The minimum absolute atomic E-state index is 0.609. The molecule has 0 saturated heterocycles. The van der Waals surface area contributed by atoms with E-state index in [1.165, 1.54) is 5.56 Å². The molecule has 28 heavy (non-hydrogen) atoms. The summed E-state index contributed by atoms with van der Waals surface area (Å²) in [6.07, 6.45) is -0.787. The van der Waals surface area contributed by atoms with Crippen molar-refractivity contribution in [2.75, 3.05) is 7.11 Å². The third kappa shape index (κ3) is 3.55. The van der Waals surface area contributed by atoms with E-state index in [-0.39, 0.29) is 0 Å². The summed E-state index contributed by atoms with van der Waals surface area (Å²) in [6, 6.07) is 27.6. The predicted octanol–water partition coefficient (Wildman–Crippen LogP) is 4.94. The van der Waals surface area contributed by atoms with Crippen LogP contribution >= 0.6 is 0 Å². The second-order valence-electron chi connectivity index (χ2n) is 6.74. The van der Waals surface area contributed by atoms with Crippen molar-refractivity contribution in [3.63, 3.8) is 0 Å². The number of nitrogens with zero attached hydrogens (tertiary/aromatic N) is 2. The Kier molecular flexibility index (Phi) is 4.96. The molecule has 0 radical (unpaired) electrons. The fourth-order valence-corrected chi connectivity index (χ4v) is 3.19. The predicted molar refractivity (Wildman–Crippen MR) is 111 cm³/mol. The molecule has 0 bridgehead atoms. The van der Waals surface area contributed by atoms with E-state index in [4.69, 9.17) is 9.84 Å². The molecule has 3 aromatic carbocycles. The standard InChI is InChI=1S/C24H22N2O2/c1-17-8-10-18(11-9-17)23-16-22(24(27)19-6-4-3-5-7-19)25-26(23)20-12-14-21(28-2)15-13-20/h3-16,24,27H,1-2H3. The van der Waals surface area contributed by atoms with Crippen molar-refractivity contribution in [3.05, 3.63) is 102 Å². The lowest BCUT2D eigenvalue weighted by Gasteiger charge is -2.09. The molecule has 0 saturated carbocycles. The van der Waals surface area contributed by atoms with Crippen molar-refractivity contribution in [3.8, 4) is 22.7 Å². The highest BCUT2D eigenvalue weighted by Crippen LogP contribution is 2.29. The molecular weight excluding hydrogens is 348 g/mol. The SMILES string of the molecule is COc1ccc(-n2nc(C(O)c3ccccc3)cc2-c2ccc(C)cc2)cc1. The van der Waals surface area contributed by atoms with Crippen molar-refractivity contribution in [2.45, 2.75) is 13.0 Å². The maximum Gasteiger partial charge on any atom is 0.123 e. The van der Waals surface area contributed by atoms with E-state index in [1.807, 2.05) is 65.3 Å².